The summed E-state index contributed by atoms with van der Waals surface area (Å²) in [7, 11) is 0. The van der Waals surface area contributed by atoms with Gasteiger partial charge in [0.15, 0.2) is 0 Å². The van der Waals surface area contributed by atoms with Crippen LogP contribution in [0.3, 0.4) is 0 Å². The Labute approximate surface area is 159 Å². The summed E-state index contributed by atoms with van der Waals surface area (Å²) in [5.74, 6) is -3.28. The molecule has 2 heterocycles. The number of rotatable bonds is 6. The first kappa shape index (κ1) is 19.5. The molecule has 0 saturated carbocycles. The summed E-state index contributed by atoms with van der Waals surface area (Å²) < 4.78 is 40.4. The Morgan fingerprint density at radius 1 is 1.15 bits per heavy atom. The molecule has 0 amide bonds. The van der Waals surface area contributed by atoms with Crippen LogP contribution in [0.5, 0.6) is 0 Å². The van der Waals surface area contributed by atoms with Gasteiger partial charge in [0.25, 0.3) is 5.92 Å². The van der Waals surface area contributed by atoms with Crippen molar-refractivity contribution in [3.05, 3.63) is 70.2 Å². The number of thiazole rings is 1. The van der Waals surface area contributed by atoms with E-state index in [4.69, 9.17) is 0 Å². The zero-order valence-corrected chi connectivity index (χ0v) is 15.7. The molecule has 0 aliphatic heterocycles. The summed E-state index contributed by atoms with van der Waals surface area (Å²) in [6, 6.07) is 8.85. The van der Waals surface area contributed by atoms with Gasteiger partial charge in [0.2, 0.25) is 0 Å². The molecule has 0 aliphatic rings. The maximum atomic E-state index is 13.7. The Balaban J connectivity index is 1.80. The van der Waals surface area contributed by atoms with Crippen LogP contribution >= 0.6 is 11.3 Å². The van der Waals surface area contributed by atoms with Crippen LogP contribution in [0.15, 0.2) is 42.6 Å². The van der Waals surface area contributed by atoms with Crippen molar-refractivity contribution in [3.8, 4) is 10.6 Å². The minimum atomic E-state index is -2.95. The zero-order chi connectivity index (χ0) is 19.6. The van der Waals surface area contributed by atoms with Gasteiger partial charge in [-0.1, -0.05) is 19.1 Å². The van der Waals surface area contributed by atoms with Crippen LogP contribution in [0, 0.1) is 12.7 Å². The topological polar surface area (TPSA) is 46.0 Å². The molecule has 1 N–H and O–H groups in total. The molecule has 0 fully saturated rings. The lowest BCUT2D eigenvalue weighted by Crippen LogP contribution is -2.13. The highest BCUT2D eigenvalue weighted by Gasteiger charge is 2.30. The molecule has 3 nitrogen and oxygen atoms in total. The van der Waals surface area contributed by atoms with Crippen molar-refractivity contribution in [1.82, 2.24) is 9.97 Å². The zero-order valence-electron chi connectivity index (χ0n) is 14.9. The molecule has 2 aromatic heterocycles. The number of alkyl halides is 2. The lowest BCUT2D eigenvalue weighted by atomic mass is 10.1. The van der Waals surface area contributed by atoms with E-state index < -0.39 is 12.0 Å². The van der Waals surface area contributed by atoms with E-state index in [0.717, 1.165) is 5.56 Å². The molecular formula is C20H19F3N2OS. The molecule has 1 unspecified atom stereocenters. The maximum Gasteiger partial charge on any atom is 0.289 e. The first-order valence-corrected chi connectivity index (χ1v) is 9.36. The van der Waals surface area contributed by atoms with Gasteiger partial charge in [-0.2, -0.15) is 8.78 Å². The molecule has 0 saturated heterocycles. The summed E-state index contributed by atoms with van der Waals surface area (Å²) in [5, 5.41) is 11.1. The lowest BCUT2D eigenvalue weighted by Gasteiger charge is -2.12. The van der Waals surface area contributed by atoms with Gasteiger partial charge in [0.1, 0.15) is 16.5 Å². The van der Waals surface area contributed by atoms with Gasteiger partial charge in [-0.05, 0) is 36.8 Å². The number of aliphatic hydroxyl groups excluding tert-OH is 1. The van der Waals surface area contributed by atoms with E-state index in [2.05, 4.69) is 9.97 Å². The van der Waals surface area contributed by atoms with Crippen molar-refractivity contribution in [2.45, 2.75) is 38.7 Å². The molecule has 3 aromatic rings. The fourth-order valence-electron chi connectivity index (χ4n) is 2.70. The van der Waals surface area contributed by atoms with Crippen molar-refractivity contribution in [3.63, 3.8) is 0 Å². The van der Waals surface area contributed by atoms with E-state index in [9.17, 15) is 18.3 Å². The monoisotopic (exact) mass is 392 g/mol. The normalized spacial score (nSPS) is 13.0. The van der Waals surface area contributed by atoms with Crippen LogP contribution in [0.1, 0.15) is 41.3 Å². The van der Waals surface area contributed by atoms with Crippen molar-refractivity contribution in [2.75, 3.05) is 0 Å². The maximum absolute atomic E-state index is 13.7. The van der Waals surface area contributed by atoms with Gasteiger partial charge in [-0.3, -0.25) is 4.98 Å². The van der Waals surface area contributed by atoms with Gasteiger partial charge in [0, 0.05) is 24.6 Å². The second-order valence-corrected chi connectivity index (χ2v) is 7.34. The van der Waals surface area contributed by atoms with Crippen molar-refractivity contribution in [1.29, 1.82) is 0 Å². The fourth-order valence-corrected chi connectivity index (χ4v) is 3.74. The Kier molecular flexibility index (Phi) is 5.62. The van der Waals surface area contributed by atoms with Crippen LogP contribution < -0.4 is 0 Å². The third-order valence-electron chi connectivity index (χ3n) is 4.31. The highest BCUT2D eigenvalue weighted by atomic mass is 32.1. The van der Waals surface area contributed by atoms with Crippen molar-refractivity contribution < 1.29 is 18.3 Å². The van der Waals surface area contributed by atoms with E-state index in [-0.39, 0.29) is 17.9 Å². The quantitative estimate of drug-likeness (QED) is 0.608. The number of aliphatic hydroxyl groups is 1. The molecule has 0 radical (unpaired) electrons. The molecule has 0 aliphatic carbocycles. The first-order chi connectivity index (χ1) is 12.8. The predicted octanol–water partition coefficient (Wildman–Crippen LogP) is 5.43. The number of aryl methyl sites for hydroxylation is 1. The second-order valence-electron chi connectivity index (χ2n) is 6.31. The Hall–Kier alpha value is -2.25. The molecule has 1 aromatic carbocycles. The standard InChI is InChI=1S/C20H19F3N2OS/c1-3-20(22,23)17-9-6-14(11-24-17)19-25-12(2)18(27-19)16(26)10-13-4-7-15(21)8-5-13/h4-9,11,16,26H,3,10H2,1-2H3. The summed E-state index contributed by atoms with van der Waals surface area (Å²) in [6.07, 6.45) is 0.629. The second kappa shape index (κ2) is 7.78. The number of hydrogen-bond acceptors (Lipinski definition) is 4. The Morgan fingerprint density at radius 3 is 2.44 bits per heavy atom. The number of nitrogens with zero attached hydrogens (tertiary/aromatic N) is 2. The van der Waals surface area contributed by atoms with Crippen LogP contribution in [0.2, 0.25) is 0 Å². The summed E-state index contributed by atoms with van der Waals surface area (Å²) in [4.78, 5) is 9.01. The number of halogens is 3. The van der Waals surface area contributed by atoms with Gasteiger partial charge in [-0.15, -0.1) is 11.3 Å². The third-order valence-corrected chi connectivity index (χ3v) is 5.61. The molecule has 3 rings (SSSR count). The van der Waals surface area contributed by atoms with Gasteiger partial charge >= 0.3 is 0 Å². The molecule has 1 atom stereocenters. The third kappa shape index (κ3) is 4.36. The van der Waals surface area contributed by atoms with E-state index >= 15 is 0 Å². The smallest absolute Gasteiger partial charge is 0.289 e. The summed E-state index contributed by atoms with van der Waals surface area (Å²) >= 11 is 1.30. The van der Waals surface area contributed by atoms with Crippen LogP contribution in [-0.4, -0.2) is 15.1 Å². The molecular weight excluding hydrogens is 373 g/mol. The first-order valence-electron chi connectivity index (χ1n) is 8.54. The Bertz CT molecular complexity index is 908. The molecule has 0 spiro atoms. The average Bonchev–Trinajstić information content (AvgIpc) is 3.05. The van der Waals surface area contributed by atoms with Crippen LogP contribution in [-0.2, 0) is 12.3 Å². The fraction of sp³-hybridized carbons (Fsp3) is 0.300. The molecule has 7 heteroatoms. The summed E-state index contributed by atoms with van der Waals surface area (Å²) in [5.41, 5.74) is 1.84. The van der Waals surface area contributed by atoms with E-state index in [1.165, 1.54) is 42.7 Å². The largest absolute Gasteiger partial charge is 0.387 e. The van der Waals surface area contributed by atoms with E-state index in [0.29, 0.717) is 27.6 Å². The van der Waals surface area contributed by atoms with Gasteiger partial charge in [0.05, 0.1) is 16.7 Å². The van der Waals surface area contributed by atoms with Crippen molar-refractivity contribution in [2.24, 2.45) is 0 Å². The highest BCUT2D eigenvalue weighted by molar-refractivity contribution is 7.15. The van der Waals surface area contributed by atoms with E-state index in [1.807, 2.05) is 0 Å². The summed E-state index contributed by atoms with van der Waals surface area (Å²) in [6.45, 7) is 3.20. The molecule has 0 bridgehead atoms. The average molecular weight is 392 g/mol. The number of pyridine rings is 1. The number of hydrogen-bond donors (Lipinski definition) is 1. The van der Waals surface area contributed by atoms with Gasteiger partial charge < -0.3 is 5.11 Å². The molecule has 142 valence electrons. The van der Waals surface area contributed by atoms with E-state index in [1.54, 1.807) is 25.1 Å². The SMILES string of the molecule is CCC(F)(F)c1ccc(-c2nc(C)c(C(O)Cc3ccc(F)cc3)s2)cn1. The van der Waals surface area contributed by atoms with Crippen molar-refractivity contribution >= 4 is 11.3 Å². The van der Waals surface area contributed by atoms with Gasteiger partial charge in [-0.25, -0.2) is 9.37 Å². The highest BCUT2D eigenvalue weighted by Crippen LogP contribution is 2.35. The van der Waals surface area contributed by atoms with Crippen LogP contribution in [0.25, 0.3) is 10.6 Å². The van der Waals surface area contributed by atoms with Crippen LogP contribution in [0.4, 0.5) is 13.2 Å². The minimum absolute atomic E-state index is 0.265. The number of benzene rings is 1. The Morgan fingerprint density at radius 2 is 1.85 bits per heavy atom. The minimum Gasteiger partial charge on any atom is -0.387 e. The number of aromatic nitrogens is 2. The predicted molar refractivity (Wildman–Crippen MR) is 99.3 cm³/mol. The lowest BCUT2D eigenvalue weighted by molar-refractivity contribution is -0.0127. The molecule has 27 heavy (non-hydrogen) atoms.